The molecular formula is C14H16F3N3O. The summed E-state index contributed by atoms with van der Waals surface area (Å²) in [7, 11) is 0. The fourth-order valence-corrected chi connectivity index (χ4v) is 1.94. The van der Waals surface area contributed by atoms with Crippen molar-refractivity contribution in [2.75, 3.05) is 25.0 Å². The van der Waals surface area contributed by atoms with Gasteiger partial charge in [-0.1, -0.05) is 11.6 Å². The van der Waals surface area contributed by atoms with E-state index in [2.05, 4.69) is 16.0 Å². The molecule has 0 spiro atoms. The first-order valence-electron chi connectivity index (χ1n) is 6.56. The number of halogens is 3. The Morgan fingerprint density at radius 3 is 2.52 bits per heavy atom. The average Bonchev–Trinajstić information content (AvgIpc) is 2.46. The fraction of sp³-hybridized carbons (Fsp3) is 0.357. The molecule has 0 radical (unpaired) electrons. The van der Waals surface area contributed by atoms with E-state index in [9.17, 15) is 18.0 Å². The zero-order valence-corrected chi connectivity index (χ0v) is 11.3. The molecule has 1 aliphatic heterocycles. The summed E-state index contributed by atoms with van der Waals surface area (Å²) in [5.74, 6) is 0. The summed E-state index contributed by atoms with van der Waals surface area (Å²) in [5, 5.41) is 8.34. The van der Waals surface area contributed by atoms with Gasteiger partial charge < -0.3 is 16.0 Å². The third kappa shape index (κ3) is 4.78. The van der Waals surface area contributed by atoms with Gasteiger partial charge in [0.2, 0.25) is 0 Å². The minimum Gasteiger partial charge on any atom is -0.334 e. The van der Waals surface area contributed by atoms with Gasteiger partial charge in [0, 0.05) is 18.8 Å². The van der Waals surface area contributed by atoms with Crippen molar-refractivity contribution >= 4 is 11.7 Å². The highest BCUT2D eigenvalue weighted by molar-refractivity contribution is 5.89. The van der Waals surface area contributed by atoms with Crippen LogP contribution in [-0.2, 0) is 6.18 Å². The summed E-state index contributed by atoms with van der Waals surface area (Å²) in [6.45, 7) is 2.11. The quantitative estimate of drug-likeness (QED) is 0.752. The van der Waals surface area contributed by atoms with Gasteiger partial charge in [-0.2, -0.15) is 13.2 Å². The highest BCUT2D eigenvalue weighted by Gasteiger charge is 2.29. The molecule has 0 aliphatic carbocycles. The van der Waals surface area contributed by atoms with Gasteiger partial charge in [0.05, 0.1) is 5.56 Å². The lowest BCUT2D eigenvalue weighted by Crippen LogP contribution is -2.32. The van der Waals surface area contributed by atoms with E-state index >= 15 is 0 Å². The maximum absolute atomic E-state index is 12.4. The number of nitrogens with one attached hydrogen (secondary N) is 3. The topological polar surface area (TPSA) is 53.2 Å². The van der Waals surface area contributed by atoms with Crippen molar-refractivity contribution in [1.29, 1.82) is 0 Å². The third-order valence-corrected chi connectivity index (χ3v) is 3.10. The molecule has 0 fully saturated rings. The van der Waals surface area contributed by atoms with E-state index in [-0.39, 0.29) is 0 Å². The third-order valence-electron chi connectivity index (χ3n) is 3.10. The molecule has 0 atom stereocenters. The number of carbonyl (C=O) groups is 1. The molecule has 0 saturated carbocycles. The maximum Gasteiger partial charge on any atom is 0.416 e. The number of urea groups is 1. The molecule has 21 heavy (non-hydrogen) atoms. The minimum atomic E-state index is -4.37. The van der Waals surface area contributed by atoms with Gasteiger partial charge in [0.15, 0.2) is 0 Å². The molecule has 1 aliphatic rings. The monoisotopic (exact) mass is 299 g/mol. The number of alkyl halides is 3. The second kappa shape index (κ2) is 6.62. The SMILES string of the molecule is O=C(NCC1=CCNCC1)Nc1ccc(C(F)(F)F)cc1. The van der Waals surface area contributed by atoms with Crippen molar-refractivity contribution in [1.82, 2.24) is 10.6 Å². The molecule has 0 unspecified atom stereocenters. The van der Waals surface area contributed by atoms with E-state index in [0.29, 0.717) is 12.2 Å². The minimum absolute atomic E-state index is 0.319. The molecule has 2 amide bonds. The lowest BCUT2D eigenvalue weighted by molar-refractivity contribution is -0.137. The number of hydrogen-bond donors (Lipinski definition) is 3. The van der Waals surface area contributed by atoms with E-state index < -0.39 is 17.8 Å². The number of benzene rings is 1. The second-order valence-electron chi connectivity index (χ2n) is 4.70. The fourth-order valence-electron chi connectivity index (χ4n) is 1.94. The molecule has 2 rings (SSSR count). The Morgan fingerprint density at radius 2 is 1.95 bits per heavy atom. The molecular weight excluding hydrogens is 283 g/mol. The van der Waals surface area contributed by atoms with Gasteiger partial charge in [-0.3, -0.25) is 0 Å². The van der Waals surface area contributed by atoms with E-state index in [4.69, 9.17) is 0 Å². The van der Waals surface area contributed by atoms with Crippen LogP contribution in [0.15, 0.2) is 35.9 Å². The first-order valence-corrected chi connectivity index (χ1v) is 6.56. The van der Waals surface area contributed by atoms with Crippen LogP contribution in [0.4, 0.5) is 23.7 Å². The van der Waals surface area contributed by atoms with Crippen LogP contribution in [0.2, 0.25) is 0 Å². The summed E-state index contributed by atoms with van der Waals surface area (Å²) in [4.78, 5) is 11.6. The Labute approximate surface area is 120 Å². The predicted octanol–water partition coefficient (Wildman–Crippen LogP) is 2.75. The summed E-state index contributed by atoms with van der Waals surface area (Å²) >= 11 is 0. The molecule has 1 heterocycles. The standard InChI is InChI=1S/C14H16F3N3O/c15-14(16,17)11-1-3-12(4-2-11)20-13(21)19-9-10-5-7-18-8-6-10/h1-5,18H,6-9H2,(H2,19,20,21). The van der Waals surface area contributed by atoms with Crippen molar-refractivity contribution in [2.24, 2.45) is 0 Å². The van der Waals surface area contributed by atoms with E-state index in [1.165, 1.54) is 12.1 Å². The molecule has 1 aromatic rings. The number of anilines is 1. The van der Waals surface area contributed by atoms with Gasteiger partial charge in [-0.15, -0.1) is 0 Å². The molecule has 4 nitrogen and oxygen atoms in total. The van der Waals surface area contributed by atoms with Gasteiger partial charge in [-0.05, 0) is 37.2 Å². The molecule has 0 bridgehead atoms. The van der Waals surface area contributed by atoms with Crippen molar-refractivity contribution in [2.45, 2.75) is 12.6 Å². The van der Waals surface area contributed by atoms with Crippen molar-refractivity contribution in [3.05, 3.63) is 41.5 Å². The van der Waals surface area contributed by atoms with Gasteiger partial charge >= 0.3 is 12.2 Å². The number of rotatable bonds is 3. The van der Waals surface area contributed by atoms with Crippen molar-refractivity contribution in [3.63, 3.8) is 0 Å². The molecule has 1 aromatic carbocycles. The van der Waals surface area contributed by atoms with Crippen molar-refractivity contribution < 1.29 is 18.0 Å². The molecule has 114 valence electrons. The highest BCUT2D eigenvalue weighted by Crippen LogP contribution is 2.29. The largest absolute Gasteiger partial charge is 0.416 e. The van der Waals surface area contributed by atoms with Crippen LogP contribution < -0.4 is 16.0 Å². The van der Waals surface area contributed by atoms with Crippen LogP contribution in [-0.4, -0.2) is 25.7 Å². The molecule has 3 N–H and O–H groups in total. The van der Waals surface area contributed by atoms with E-state index in [1.807, 2.05) is 6.08 Å². The molecule has 7 heteroatoms. The van der Waals surface area contributed by atoms with E-state index in [1.54, 1.807) is 0 Å². The average molecular weight is 299 g/mol. The van der Waals surface area contributed by atoms with Crippen LogP contribution in [0, 0.1) is 0 Å². The van der Waals surface area contributed by atoms with Crippen LogP contribution >= 0.6 is 0 Å². The Morgan fingerprint density at radius 1 is 1.24 bits per heavy atom. The number of hydrogen-bond acceptors (Lipinski definition) is 2. The lowest BCUT2D eigenvalue weighted by Gasteiger charge is -2.15. The Bertz CT molecular complexity index is 523. The molecule has 0 aromatic heterocycles. The van der Waals surface area contributed by atoms with Crippen LogP contribution in [0.1, 0.15) is 12.0 Å². The second-order valence-corrected chi connectivity index (χ2v) is 4.70. The van der Waals surface area contributed by atoms with Gasteiger partial charge in [0.25, 0.3) is 0 Å². The van der Waals surface area contributed by atoms with Crippen LogP contribution in [0.25, 0.3) is 0 Å². The number of carbonyl (C=O) groups excluding carboxylic acids is 1. The normalized spacial score (nSPS) is 15.3. The zero-order valence-electron chi connectivity index (χ0n) is 11.3. The summed E-state index contributed by atoms with van der Waals surface area (Å²) in [6.07, 6.45) is -1.48. The first-order chi connectivity index (χ1) is 9.95. The summed E-state index contributed by atoms with van der Waals surface area (Å²) < 4.78 is 37.2. The van der Waals surface area contributed by atoms with Crippen molar-refractivity contribution in [3.8, 4) is 0 Å². The highest BCUT2D eigenvalue weighted by atomic mass is 19.4. The van der Waals surface area contributed by atoms with Crippen LogP contribution in [0.5, 0.6) is 0 Å². The Balaban J connectivity index is 1.83. The van der Waals surface area contributed by atoms with E-state index in [0.717, 1.165) is 37.2 Å². The molecule has 0 saturated heterocycles. The lowest BCUT2D eigenvalue weighted by atomic mass is 10.1. The smallest absolute Gasteiger partial charge is 0.334 e. The summed E-state index contributed by atoms with van der Waals surface area (Å²) in [5.41, 5.74) is 0.712. The predicted molar refractivity (Wildman–Crippen MR) is 74.0 cm³/mol. The Kier molecular flexibility index (Phi) is 4.85. The number of amides is 2. The van der Waals surface area contributed by atoms with Crippen LogP contribution in [0.3, 0.4) is 0 Å². The zero-order chi connectivity index (χ0) is 15.3. The van der Waals surface area contributed by atoms with Gasteiger partial charge in [0.1, 0.15) is 0 Å². The Hall–Kier alpha value is -2.02. The first kappa shape index (κ1) is 15.4. The maximum atomic E-state index is 12.4. The van der Waals surface area contributed by atoms with Gasteiger partial charge in [-0.25, -0.2) is 4.79 Å². The summed E-state index contributed by atoms with van der Waals surface area (Å²) in [6, 6.07) is 3.89.